The molecule has 5 nitrogen and oxygen atoms in total. The van der Waals surface area contributed by atoms with E-state index in [1.807, 2.05) is 18.2 Å². The van der Waals surface area contributed by atoms with Crippen LogP contribution in [0.2, 0.25) is 5.02 Å². The molecule has 0 unspecified atom stereocenters. The number of hydrogen-bond acceptors (Lipinski definition) is 4. The van der Waals surface area contributed by atoms with Crippen molar-refractivity contribution in [3.05, 3.63) is 82.8 Å². The number of nitrogens with one attached hydrogen (secondary N) is 2. The fourth-order valence-electron chi connectivity index (χ4n) is 2.52. The molecule has 0 saturated heterocycles. The Labute approximate surface area is 157 Å². The number of rotatable bonds is 6. The molecule has 0 spiro atoms. The summed E-state index contributed by atoms with van der Waals surface area (Å²) in [6.07, 6.45) is 0.869. The van der Waals surface area contributed by atoms with Crippen LogP contribution in [-0.2, 0) is 6.42 Å². The average molecular weight is 367 g/mol. The lowest BCUT2D eigenvalue weighted by molar-refractivity contribution is 0.102. The Kier molecular flexibility index (Phi) is 5.81. The molecule has 1 amide bonds. The largest absolute Gasteiger partial charge is 0.370 e. The summed E-state index contributed by atoms with van der Waals surface area (Å²) in [5.74, 6) is 0.861. The van der Waals surface area contributed by atoms with Gasteiger partial charge in [0.1, 0.15) is 17.3 Å². The zero-order chi connectivity index (χ0) is 18.4. The minimum Gasteiger partial charge on any atom is -0.370 e. The monoisotopic (exact) mass is 366 g/mol. The molecule has 0 atom stereocenters. The Hall–Kier alpha value is -2.92. The number of amides is 1. The minimum absolute atomic E-state index is 0.302. The van der Waals surface area contributed by atoms with Crippen LogP contribution < -0.4 is 10.6 Å². The van der Waals surface area contributed by atoms with E-state index in [0.29, 0.717) is 28.0 Å². The van der Waals surface area contributed by atoms with E-state index in [1.54, 1.807) is 37.3 Å². The van der Waals surface area contributed by atoms with Crippen LogP contribution >= 0.6 is 11.6 Å². The molecule has 26 heavy (non-hydrogen) atoms. The summed E-state index contributed by atoms with van der Waals surface area (Å²) in [4.78, 5) is 21.0. The summed E-state index contributed by atoms with van der Waals surface area (Å²) >= 11 is 5.95. The smallest absolute Gasteiger partial charge is 0.274 e. The van der Waals surface area contributed by atoms with Crippen LogP contribution in [0.5, 0.6) is 0 Å². The fraction of sp³-hybridized carbons (Fsp3) is 0.150. The standard InChI is InChI=1S/C20H19ClN4O/c1-14-23-18(20(26)25-17-9-5-8-16(21)12-17)13-19(24-14)22-11-10-15-6-3-2-4-7-15/h2-9,12-13H,10-11H2,1H3,(H,25,26)(H,22,23,24). The first kappa shape index (κ1) is 17.9. The highest BCUT2D eigenvalue weighted by molar-refractivity contribution is 6.30. The molecule has 0 aliphatic heterocycles. The van der Waals surface area contributed by atoms with E-state index in [0.717, 1.165) is 13.0 Å². The van der Waals surface area contributed by atoms with Crippen molar-refractivity contribution in [2.75, 3.05) is 17.2 Å². The van der Waals surface area contributed by atoms with Gasteiger partial charge in [-0.3, -0.25) is 4.79 Å². The van der Waals surface area contributed by atoms with Crippen LogP contribution in [0.15, 0.2) is 60.7 Å². The second-order valence-corrected chi connectivity index (χ2v) is 6.25. The van der Waals surface area contributed by atoms with Crippen molar-refractivity contribution in [3.8, 4) is 0 Å². The highest BCUT2D eigenvalue weighted by atomic mass is 35.5. The highest BCUT2D eigenvalue weighted by Crippen LogP contribution is 2.16. The van der Waals surface area contributed by atoms with Gasteiger partial charge in [0.15, 0.2) is 0 Å². The van der Waals surface area contributed by atoms with Gasteiger partial charge in [-0.05, 0) is 37.1 Å². The lowest BCUT2D eigenvalue weighted by Crippen LogP contribution is -2.16. The summed E-state index contributed by atoms with van der Waals surface area (Å²) in [5.41, 5.74) is 2.17. The quantitative estimate of drug-likeness (QED) is 0.680. The van der Waals surface area contributed by atoms with Crippen LogP contribution in [0.1, 0.15) is 21.9 Å². The van der Waals surface area contributed by atoms with Crippen molar-refractivity contribution in [2.45, 2.75) is 13.3 Å². The van der Waals surface area contributed by atoms with Crippen LogP contribution in [0.25, 0.3) is 0 Å². The second kappa shape index (κ2) is 8.45. The van der Waals surface area contributed by atoms with Crippen molar-refractivity contribution < 1.29 is 4.79 Å². The van der Waals surface area contributed by atoms with Crippen LogP contribution in [0.4, 0.5) is 11.5 Å². The van der Waals surface area contributed by atoms with Crippen molar-refractivity contribution in [2.24, 2.45) is 0 Å². The number of benzene rings is 2. The maximum atomic E-state index is 12.5. The van der Waals surface area contributed by atoms with E-state index < -0.39 is 0 Å². The molecular weight excluding hydrogens is 348 g/mol. The van der Waals surface area contributed by atoms with Gasteiger partial charge in [-0.25, -0.2) is 9.97 Å². The molecule has 1 aromatic heterocycles. The molecule has 1 heterocycles. The predicted molar refractivity (Wildman–Crippen MR) is 105 cm³/mol. The number of carbonyl (C=O) groups excluding carboxylic acids is 1. The van der Waals surface area contributed by atoms with Gasteiger partial charge in [0.2, 0.25) is 0 Å². The van der Waals surface area contributed by atoms with E-state index in [1.165, 1.54) is 5.56 Å². The summed E-state index contributed by atoms with van der Waals surface area (Å²) < 4.78 is 0. The van der Waals surface area contributed by atoms with E-state index in [9.17, 15) is 4.79 Å². The zero-order valence-corrected chi connectivity index (χ0v) is 15.1. The zero-order valence-electron chi connectivity index (χ0n) is 14.4. The Morgan fingerprint density at radius 3 is 2.62 bits per heavy atom. The number of nitrogens with zero attached hydrogens (tertiary/aromatic N) is 2. The van der Waals surface area contributed by atoms with E-state index in [-0.39, 0.29) is 5.91 Å². The van der Waals surface area contributed by atoms with E-state index >= 15 is 0 Å². The second-order valence-electron chi connectivity index (χ2n) is 5.81. The normalized spacial score (nSPS) is 10.4. The summed E-state index contributed by atoms with van der Waals surface area (Å²) in [6.45, 7) is 2.48. The average Bonchev–Trinajstić information content (AvgIpc) is 2.62. The van der Waals surface area contributed by atoms with E-state index in [4.69, 9.17) is 11.6 Å². The van der Waals surface area contributed by atoms with Gasteiger partial charge in [0, 0.05) is 23.3 Å². The molecule has 2 aromatic carbocycles. The van der Waals surface area contributed by atoms with Gasteiger partial charge in [0.05, 0.1) is 0 Å². The topological polar surface area (TPSA) is 66.9 Å². The first-order chi connectivity index (χ1) is 12.6. The van der Waals surface area contributed by atoms with Gasteiger partial charge in [-0.1, -0.05) is 48.0 Å². The number of aromatic nitrogens is 2. The van der Waals surface area contributed by atoms with Gasteiger partial charge < -0.3 is 10.6 Å². The molecule has 3 aromatic rings. The van der Waals surface area contributed by atoms with Gasteiger partial charge in [-0.15, -0.1) is 0 Å². The third-order valence-electron chi connectivity index (χ3n) is 3.72. The Morgan fingerprint density at radius 1 is 1.04 bits per heavy atom. The molecule has 132 valence electrons. The third kappa shape index (κ3) is 5.04. The lowest BCUT2D eigenvalue weighted by Gasteiger charge is -2.09. The maximum absolute atomic E-state index is 12.5. The van der Waals surface area contributed by atoms with Crippen LogP contribution in [-0.4, -0.2) is 22.4 Å². The predicted octanol–water partition coefficient (Wildman–Crippen LogP) is 4.35. The lowest BCUT2D eigenvalue weighted by atomic mass is 10.1. The van der Waals surface area contributed by atoms with Crippen molar-refractivity contribution in [3.63, 3.8) is 0 Å². The minimum atomic E-state index is -0.302. The number of anilines is 2. The van der Waals surface area contributed by atoms with Gasteiger partial charge >= 0.3 is 0 Å². The third-order valence-corrected chi connectivity index (χ3v) is 3.95. The first-order valence-electron chi connectivity index (χ1n) is 8.30. The van der Waals surface area contributed by atoms with E-state index in [2.05, 4.69) is 32.7 Å². The molecular formula is C20H19ClN4O. The number of aryl methyl sites for hydroxylation is 1. The number of hydrogen-bond donors (Lipinski definition) is 2. The summed E-state index contributed by atoms with van der Waals surface area (Å²) in [5, 5.41) is 6.60. The Balaban J connectivity index is 1.65. The van der Waals surface area contributed by atoms with Crippen LogP contribution in [0, 0.1) is 6.92 Å². The number of carbonyl (C=O) groups is 1. The van der Waals surface area contributed by atoms with Crippen molar-refractivity contribution in [1.29, 1.82) is 0 Å². The van der Waals surface area contributed by atoms with Gasteiger partial charge in [-0.2, -0.15) is 0 Å². The molecule has 0 aliphatic carbocycles. The molecule has 2 N–H and O–H groups in total. The first-order valence-corrected chi connectivity index (χ1v) is 8.68. The summed E-state index contributed by atoms with van der Waals surface area (Å²) in [7, 11) is 0. The Morgan fingerprint density at radius 2 is 1.85 bits per heavy atom. The highest BCUT2D eigenvalue weighted by Gasteiger charge is 2.11. The molecule has 6 heteroatoms. The number of halogens is 1. The molecule has 3 rings (SSSR count). The molecule has 0 bridgehead atoms. The van der Waals surface area contributed by atoms with Crippen LogP contribution in [0.3, 0.4) is 0 Å². The SMILES string of the molecule is Cc1nc(NCCc2ccccc2)cc(C(=O)Nc2cccc(Cl)c2)n1. The summed E-state index contributed by atoms with van der Waals surface area (Å²) in [6, 6.07) is 18.8. The molecule has 0 fully saturated rings. The van der Waals surface area contributed by atoms with Gasteiger partial charge in [0.25, 0.3) is 5.91 Å². The van der Waals surface area contributed by atoms with Crippen molar-refractivity contribution >= 4 is 29.0 Å². The van der Waals surface area contributed by atoms with Crippen molar-refractivity contribution in [1.82, 2.24) is 9.97 Å². The maximum Gasteiger partial charge on any atom is 0.274 e. The molecule has 0 radical (unpaired) electrons. The molecule has 0 saturated carbocycles. The Bertz CT molecular complexity index is 899. The fourth-order valence-corrected chi connectivity index (χ4v) is 2.71. The molecule has 0 aliphatic rings.